The van der Waals surface area contributed by atoms with Gasteiger partial charge >= 0.3 is 5.97 Å². The number of carbonyl (C=O) groups is 1. The van der Waals surface area contributed by atoms with Gasteiger partial charge in [0.1, 0.15) is 5.01 Å². The van der Waals surface area contributed by atoms with Gasteiger partial charge in [-0.3, -0.25) is 9.78 Å². The number of pyridine rings is 1. The molecule has 0 saturated heterocycles. The fourth-order valence-corrected chi connectivity index (χ4v) is 3.43. The van der Waals surface area contributed by atoms with Gasteiger partial charge in [-0.2, -0.15) is 0 Å². The molecule has 4 nitrogen and oxygen atoms in total. The van der Waals surface area contributed by atoms with Crippen LogP contribution >= 0.6 is 11.3 Å². The molecule has 0 spiro atoms. The summed E-state index contributed by atoms with van der Waals surface area (Å²) in [5.41, 5.74) is 3.71. The highest BCUT2D eigenvalue weighted by molar-refractivity contribution is 7.15. The summed E-state index contributed by atoms with van der Waals surface area (Å²) in [6, 6.07) is 11.7. The Labute approximate surface area is 132 Å². The lowest BCUT2D eigenvalue weighted by Gasteiger charge is -2.00. The molecule has 110 valence electrons. The lowest BCUT2D eigenvalue weighted by atomic mass is 10.1. The van der Waals surface area contributed by atoms with Crippen molar-refractivity contribution in [2.24, 2.45) is 0 Å². The normalized spacial score (nSPS) is 10.6. The molecule has 22 heavy (non-hydrogen) atoms. The molecule has 0 atom stereocenters. The molecule has 0 fully saturated rings. The zero-order valence-corrected chi connectivity index (χ0v) is 12.8. The molecule has 0 unspecified atom stereocenters. The van der Waals surface area contributed by atoms with E-state index in [1.165, 1.54) is 11.3 Å². The van der Waals surface area contributed by atoms with Crippen molar-refractivity contribution in [2.45, 2.75) is 13.3 Å². The maximum atomic E-state index is 11.1. The van der Waals surface area contributed by atoms with Gasteiger partial charge in [0.15, 0.2) is 0 Å². The van der Waals surface area contributed by atoms with Gasteiger partial charge in [-0.25, -0.2) is 4.98 Å². The van der Waals surface area contributed by atoms with Crippen LogP contribution in [-0.4, -0.2) is 21.0 Å². The molecule has 0 aliphatic heterocycles. The average Bonchev–Trinajstić information content (AvgIpc) is 2.91. The minimum Gasteiger partial charge on any atom is -0.481 e. The van der Waals surface area contributed by atoms with Crippen LogP contribution in [0.25, 0.3) is 21.8 Å². The van der Waals surface area contributed by atoms with E-state index in [1.807, 2.05) is 43.3 Å². The molecular formula is C17H14N2O2S. The summed E-state index contributed by atoms with van der Waals surface area (Å²) in [5.74, 6) is -0.856. The summed E-state index contributed by atoms with van der Waals surface area (Å²) in [7, 11) is 0. The van der Waals surface area contributed by atoms with E-state index < -0.39 is 5.97 Å². The van der Waals surface area contributed by atoms with Crippen molar-refractivity contribution >= 4 is 17.3 Å². The Hall–Kier alpha value is -2.53. The van der Waals surface area contributed by atoms with Crippen molar-refractivity contribution in [3.8, 4) is 21.8 Å². The van der Waals surface area contributed by atoms with Crippen LogP contribution in [0.4, 0.5) is 0 Å². The van der Waals surface area contributed by atoms with E-state index in [0.29, 0.717) is 5.69 Å². The van der Waals surface area contributed by atoms with Gasteiger partial charge in [0.2, 0.25) is 0 Å². The molecule has 2 aromatic heterocycles. The van der Waals surface area contributed by atoms with Crippen molar-refractivity contribution < 1.29 is 9.90 Å². The second-order valence-electron chi connectivity index (χ2n) is 4.92. The molecular weight excluding hydrogens is 296 g/mol. The summed E-state index contributed by atoms with van der Waals surface area (Å²) in [4.78, 5) is 20.7. The van der Waals surface area contributed by atoms with Crippen LogP contribution in [0.15, 0.2) is 48.8 Å². The molecule has 2 heterocycles. The number of thiazole rings is 1. The highest BCUT2D eigenvalue weighted by atomic mass is 32.1. The summed E-state index contributed by atoms with van der Waals surface area (Å²) in [5, 5.41) is 9.98. The zero-order valence-electron chi connectivity index (χ0n) is 12.0. The fraction of sp³-hybridized carbons (Fsp3) is 0.118. The maximum absolute atomic E-state index is 11.1. The monoisotopic (exact) mass is 310 g/mol. The van der Waals surface area contributed by atoms with Crippen molar-refractivity contribution in [3.05, 3.63) is 59.2 Å². The van der Waals surface area contributed by atoms with Crippen LogP contribution in [0.1, 0.15) is 10.4 Å². The Morgan fingerprint density at radius 1 is 1.23 bits per heavy atom. The molecule has 1 N–H and O–H groups in total. The number of nitrogens with zero attached hydrogens (tertiary/aromatic N) is 2. The number of aryl methyl sites for hydroxylation is 1. The van der Waals surface area contributed by atoms with E-state index in [4.69, 9.17) is 5.11 Å². The third-order valence-electron chi connectivity index (χ3n) is 3.32. The number of hydrogen-bond donors (Lipinski definition) is 1. The summed E-state index contributed by atoms with van der Waals surface area (Å²) in [6.07, 6.45) is 3.37. The highest BCUT2D eigenvalue weighted by Gasteiger charge is 2.17. The van der Waals surface area contributed by atoms with Gasteiger partial charge in [0.25, 0.3) is 0 Å². The summed E-state index contributed by atoms with van der Waals surface area (Å²) < 4.78 is 0. The van der Waals surface area contributed by atoms with Gasteiger partial charge in [0, 0.05) is 28.4 Å². The Morgan fingerprint density at radius 2 is 2.05 bits per heavy atom. The molecule has 0 aliphatic carbocycles. The minimum absolute atomic E-state index is 0.0340. The number of carboxylic acids is 1. The topological polar surface area (TPSA) is 63.1 Å². The van der Waals surface area contributed by atoms with E-state index in [2.05, 4.69) is 9.97 Å². The molecule has 0 radical (unpaired) electrons. The van der Waals surface area contributed by atoms with Crippen molar-refractivity contribution in [1.82, 2.24) is 9.97 Å². The van der Waals surface area contributed by atoms with E-state index in [-0.39, 0.29) is 6.42 Å². The Kier molecular flexibility index (Phi) is 3.98. The summed E-state index contributed by atoms with van der Waals surface area (Å²) >= 11 is 1.43. The fourth-order valence-electron chi connectivity index (χ4n) is 2.27. The molecule has 0 amide bonds. The molecule has 0 bridgehead atoms. The number of aromatic nitrogens is 2. The molecule has 3 rings (SSSR count). The number of benzene rings is 1. The molecule has 1 aromatic carbocycles. The molecule has 0 saturated carbocycles. The first-order chi connectivity index (χ1) is 10.6. The first-order valence-corrected chi connectivity index (χ1v) is 7.64. The number of hydrogen-bond acceptors (Lipinski definition) is 4. The third kappa shape index (κ3) is 2.89. The van der Waals surface area contributed by atoms with Crippen molar-refractivity contribution in [1.29, 1.82) is 0 Å². The predicted molar refractivity (Wildman–Crippen MR) is 86.9 cm³/mol. The lowest BCUT2D eigenvalue weighted by molar-refractivity contribution is -0.136. The van der Waals surface area contributed by atoms with Crippen molar-refractivity contribution in [2.75, 3.05) is 0 Å². The van der Waals surface area contributed by atoms with Crippen LogP contribution in [0.5, 0.6) is 0 Å². The first-order valence-electron chi connectivity index (χ1n) is 6.83. The van der Waals surface area contributed by atoms with Gasteiger partial charge in [-0.05, 0) is 24.6 Å². The maximum Gasteiger partial charge on any atom is 0.308 e. The number of rotatable bonds is 4. The second-order valence-corrected chi connectivity index (χ2v) is 6.00. The number of aliphatic carboxylic acids is 1. The Morgan fingerprint density at radius 3 is 2.73 bits per heavy atom. The first kappa shape index (κ1) is 14.4. The van der Waals surface area contributed by atoms with E-state index in [9.17, 15) is 4.79 Å². The van der Waals surface area contributed by atoms with Gasteiger partial charge in [-0.15, -0.1) is 11.3 Å². The SMILES string of the molecule is Cc1ccccc1-c1nc(-c2cccnc2)c(CC(=O)O)s1. The lowest BCUT2D eigenvalue weighted by Crippen LogP contribution is -1.99. The van der Waals surface area contributed by atoms with Crippen LogP contribution in [0.3, 0.4) is 0 Å². The highest BCUT2D eigenvalue weighted by Crippen LogP contribution is 2.35. The van der Waals surface area contributed by atoms with Gasteiger partial charge < -0.3 is 5.11 Å². The largest absolute Gasteiger partial charge is 0.481 e. The third-order valence-corrected chi connectivity index (χ3v) is 4.41. The van der Waals surface area contributed by atoms with Crippen LogP contribution in [-0.2, 0) is 11.2 Å². The van der Waals surface area contributed by atoms with Gasteiger partial charge in [-0.1, -0.05) is 24.3 Å². The molecule has 0 aliphatic rings. The van der Waals surface area contributed by atoms with E-state index >= 15 is 0 Å². The Bertz CT molecular complexity index is 813. The zero-order chi connectivity index (χ0) is 15.5. The van der Waals surface area contributed by atoms with Crippen LogP contribution in [0, 0.1) is 6.92 Å². The number of carboxylic acid groups (broad SMARTS) is 1. The summed E-state index contributed by atoms with van der Waals surface area (Å²) in [6.45, 7) is 2.03. The average molecular weight is 310 g/mol. The van der Waals surface area contributed by atoms with Crippen LogP contribution < -0.4 is 0 Å². The Balaban J connectivity index is 2.13. The smallest absolute Gasteiger partial charge is 0.308 e. The van der Waals surface area contributed by atoms with Crippen molar-refractivity contribution in [3.63, 3.8) is 0 Å². The molecule has 3 aromatic rings. The van der Waals surface area contributed by atoms with Crippen LogP contribution in [0.2, 0.25) is 0 Å². The van der Waals surface area contributed by atoms with E-state index in [1.54, 1.807) is 12.4 Å². The second kappa shape index (κ2) is 6.07. The predicted octanol–water partition coefficient (Wildman–Crippen LogP) is 3.81. The standard InChI is InChI=1S/C17H14N2O2S/c1-11-5-2-3-7-13(11)17-19-16(12-6-4-8-18-10-12)14(22-17)9-15(20)21/h2-8,10H,9H2,1H3,(H,20,21). The van der Waals surface area contributed by atoms with E-state index in [0.717, 1.165) is 26.6 Å². The molecule has 5 heteroatoms. The quantitative estimate of drug-likeness (QED) is 0.796. The minimum atomic E-state index is -0.856. The van der Waals surface area contributed by atoms with Gasteiger partial charge in [0.05, 0.1) is 12.1 Å².